The molecule has 35 heavy (non-hydrogen) atoms. The highest BCUT2D eigenvalue weighted by Crippen LogP contribution is 2.53. The zero-order chi connectivity index (χ0) is 25.3. The molecule has 3 aromatic rings. The molecule has 5 rings (SSSR count). The van der Waals surface area contributed by atoms with Crippen LogP contribution in [0, 0.1) is 17.5 Å². The minimum atomic E-state index is -1.21. The molecule has 0 radical (unpaired) electrons. The molecule has 1 unspecified atom stereocenters. The molecule has 10 heteroatoms. The fourth-order valence-corrected chi connectivity index (χ4v) is 5.35. The Morgan fingerprint density at radius 1 is 1.14 bits per heavy atom. The second-order valence-electron chi connectivity index (χ2n) is 9.78. The highest BCUT2D eigenvalue weighted by molar-refractivity contribution is 5.95. The van der Waals surface area contributed by atoms with E-state index in [9.17, 15) is 27.9 Å². The van der Waals surface area contributed by atoms with Crippen molar-refractivity contribution in [3.05, 3.63) is 59.0 Å². The van der Waals surface area contributed by atoms with E-state index in [2.05, 4.69) is 0 Å². The number of hydrogen-bond acceptors (Lipinski definition) is 4. The number of halogens is 3. The Bertz CT molecular complexity index is 1400. The van der Waals surface area contributed by atoms with Gasteiger partial charge in [-0.3, -0.25) is 9.59 Å². The van der Waals surface area contributed by atoms with Crippen LogP contribution in [0.1, 0.15) is 37.9 Å². The van der Waals surface area contributed by atoms with E-state index in [-0.39, 0.29) is 48.3 Å². The predicted octanol–water partition coefficient (Wildman–Crippen LogP) is 3.96. The van der Waals surface area contributed by atoms with Crippen molar-refractivity contribution >= 4 is 22.8 Å². The average Bonchev–Trinajstić information content (AvgIpc) is 3.12. The second-order valence-corrected chi connectivity index (χ2v) is 9.78. The highest BCUT2D eigenvalue weighted by Gasteiger charge is 2.52. The first-order chi connectivity index (χ1) is 16.4. The third kappa shape index (κ3) is 3.54. The molecule has 184 valence electrons. The summed E-state index contributed by atoms with van der Waals surface area (Å²) >= 11 is 0. The fourth-order valence-electron chi connectivity index (χ4n) is 5.35. The molecule has 1 aromatic heterocycles. The number of rotatable bonds is 3. The Kier molecular flexibility index (Phi) is 5.14. The summed E-state index contributed by atoms with van der Waals surface area (Å²) in [7, 11) is 0. The van der Waals surface area contributed by atoms with Crippen LogP contribution in [0.25, 0.3) is 16.6 Å². The van der Waals surface area contributed by atoms with Gasteiger partial charge in [0.2, 0.25) is 5.91 Å². The Hall–Kier alpha value is -3.53. The van der Waals surface area contributed by atoms with E-state index in [1.54, 1.807) is 4.57 Å². The number of aromatic nitrogens is 1. The first-order valence-electron chi connectivity index (χ1n) is 11.1. The third-order valence-corrected chi connectivity index (χ3v) is 6.88. The number of amides is 1. The van der Waals surface area contributed by atoms with Gasteiger partial charge in [0.1, 0.15) is 23.7 Å². The molecule has 0 aliphatic carbocycles. The number of fused-ring (bicyclic) bond motifs is 4. The molecule has 1 amide bonds. The van der Waals surface area contributed by atoms with Gasteiger partial charge in [0.15, 0.2) is 11.6 Å². The van der Waals surface area contributed by atoms with Gasteiger partial charge in [-0.05, 0) is 24.6 Å². The van der Waals surface area contributed by atoms with Gasteiger partial charge in [-0.2, -0.15) is 0 Å². The molecule has 1 fully saturated rings. The average molecular weight is 488 g/mol. The number of ether oxygens (including phenoxy) is 1. The van der Waals surface area contributed by atoms with Gasteiger partial charge in [-0.25, -0.2) is 13.2 Å². The van der Waals surface area contributed by atoms with E-state index in [1.807, 2.05) is 13.8 Å². The molecule has 0 saturated carbocycles. The molecule has 2 aliphatic rings. The van der Waals surface area contributed by atoms with Crippen molar-refractivity contribution in [1.29, 1.82) is 0 Å². The van der Waals surface area contributed by atoms with Crippen LogP contribution in [0.2, 0.25) is 0 Å². The minimum Gasteiger partial charge on any atom is -0.507 e. The maximum absolute atomic E-state index is 14.5. The van der Waals surface area contributed by atoms with Crippen molar-refractivity contribution in [2.75, 3.05) is 19.7 Å². The number of aromatic hydroxyl groups is 1. The van der Waals surface area contributed by atoms with Crippen molar-refractivity contribution in [2.45, 2.75) is 37.7 Å². The van der Waals surface area contributed by atoms with Crippen LogP contribution in [0.4, 0.5) is 13.2 Å². The standard InChI is InChI=1S/C25H23F3N2O5/c1-24(2)12-35-25(5-6-29(11-20(33)34)19(32)10-25)22-21-17(7-13(26)8-18(21)31)30(23(22)24)14-3-4-15(27)16(28)9-14/h3-4,7-9,31H,5-6,10-12H2,1-2H3,(H,33,34). The lowest BCUT2D eigenvalue weighted by Crippen LogP contribution is -2.53. The van der Waals surface area contributed by atoms with Gasteiger partial charge >= 0.3 is 5.97 Å². The number of piperidine rings is 1. The molecule has 1 saturated heterocycles. The number of phenols is 1. The number of phenolic OH excluding ortho intramolecular Hbond substituents is 1. The molecule has 2 aromatic carbocycles. The highest BCUT2D eigenvalue weighted by atomic mass is 19.2. The first kappa shape index (κ1) is 23.2. The SMILES string of the molecule is CC1(C)COC2(CCN(CC(=O)O)C(=O)C2)c2c1n(-c1ccc(F)c(F)c1)c1cc(F)cc(O)c21. The summed E-state index contributed by atoms with van der Waals surface area (Å²) in [6, 6.07) is 5.47. The zero-order valence-corrected chi connectivity index (χ0v) is 19.1. The molecule has 0 bridgehead atoms. The van der Waals surface area contributed by atoms with Crippen molar-refractivity contribution in [3.63, 3.8) is 0 Å². The lowest BCUT2D eigenvalue weighted by atomic mass is 9.73. The maximum Gasteiger partial charge on any atom is 0.323 e. The van der Waals surface area contributed by atoms with Gasteiger partial charge in [0.05, 0.1) is 18.5 Å². The van der Waals surface area contributed by atoms with Crippen LogP contribution in [0.15, 0.2) is 30.3 Å². The Labute approximate surface area is 198 Å². The summed E-state index contributed by atoms with van der Waals surface area (Å²) in [6.45, 7) is 3.53. The van der Waals surface area contributed by atoms with Crippen LogP contribution in [-0.2, 0) is 25.3 Å². The first-order valence-corrected chi connectivity index (χ1v) is 11.1. The Balaban J connectivity index is 1.82. The monoisotopic (exact) mass is 488 g/mol. The summed E-state index contributed by atoms with van der Waals surface area (Å²) in [5.41, 5.74) is -0.459. The third-order valence-electron chi connectivity index (χ3n) is 6.88. The minimum absolute atomic E-state index is 0.102. The predicted molar refractivity (Wildman–Crippen MR) is 119 cm³/mol. The number of aliphatic carboxylic acids is 1. The number of likely N-dealkylation sites (tertiary alicyclic amines) is 1. The summed E-state index contributed by atoms with van der Waals surface area (Å²) in [5.74, 6) is -4.80. The van der Waals surface area contributed by atoms with Crippen LogP contribution >= 0.6 is 0 Å². The van der Waals surface area contributed by atoms with E-state index in [0.29, 0.717) is 11.3 Å². The molecule has 2 aliphatic heterocycles. The lowest BCUT2D eigenvalue weighted by Gasteiger charge is -2.47. The summed E-state index contributed by atoms with van der Waals surface area (Å²) < 4.78 is 50.4. The lowest BCUT2D eigenvalue weighted by molar-refractivity contribution is -0.161. The molecule has 7 nitrogen and oxygen atoms in total. The molecule has 1 spiro atoms. The number of carbonyl (C=O) groups excluding carboxylic acids is 1. The smallest absolute Gasteiger partial charge is 0.323 e. The topological polar surface area (TPSA) is 92.0 Å². The molecule has 1 atom stereocenters. The van der Waals surface area contributed by atoms with Gasteiger partial charge in [0, 0.05) is 46.4 Å². The van der Waals surface area contributed by atoms with Gasteiger partial charge in [0.25, 0.3) is 0 Å². The van der Waals surface area contributed by atoms with E-state index in [4.69, 9.17) is 9.84 Å². The molecule has 2 N–H and O–H groups in total. The molecular formula is C25H23F3N2O5. The van der Waals surface area contributed by atoms with E-state index in [1.165, 1.54) is 17.0 Å². The van der Waals surface area contributed by atoms with Gasteiger partial charge in [-0.15, -0.1) is 0 Å². The van der Waals surface area contributed by atoms with Crippen molar-refractivity contribution in [2.24, 2.45) is 0 Å². The second kappa shape index (κ2) is 7.74. The van der Waals surface area contributed by atoms with Crippen molar-refractivity contribution in [1.82, 2.24) is 9.47 Å². The van der Waals surface area contributed by atoms with Crippen LogP contribution in [-0.4, -0.2) is 51.3 Å². The molecule has 3 heterocycles. The summed E-state index contributed by atoms with van der Waals surface area (Å²) in [5, 5.41) is 20.3. The van der Waals surface area contributed by atoms with E-state index >= 15 is 0 Å². The van der Waals surface area contributed by atoms with Crippen LogP contribution in [0.5, 0.6) is 5.75 Å². The van der Waals surface area contributed by atoms with Gasteiger partial charge in [-0.1, -0.05) is 13.8 Å². The number of carboxylic acids is 1. The number of nitrogens with zero attached hydrogens (tertiary/aromatic N) is 2. The van der Waals surface area contributed by atoms with Crippen molar-refractivity contribution in [3.8, 4) is 11.4 Å². The normalized spacial score (nSPS) is 21.5. The van der Waals surface area contributed by atoms with Crippen LogP contribution < -0.4 is 0 Å². The van der Waals surface area contributed by atoms with E-state index in [0.717, 1.165) is 18.2 Å². The number of carboxylic acid groups (broad SMARTS) is 1. The van der Waals surface area contributed by atoms with E-state index < -0.39 is 46.9 Å². The Morgan fingerprint density at radius 2 is 1.89 bits per heavy atom. The fraction of sp³-hybridized carbons (Fsp3) is 0.360. The van der Waals surface area contributed by atoms with Crippen LogP contribution in [0.3, 0.4) is 0 Å². The number of hydrogen-bond donors (Lipinski definition) is 2. The Morgan fingerprint density at radius 3 is 2.54 bits per heavy atom. The zero-order valence-electron chi connectivity index (χ0n) is 19.1. The quantitative estimate of drug-likeness (QED) is 0.582. The van der Waals surface area contributed by atoms with Gasteiger partial charge < -0.3 is 24.4 Å². The maximum atomic E-state index is 14.5. The van der Waals surface area contributed by atoms with Crippen molar-refractivity contribution < 1.29 is 37.7 Å². The number of benzene rings is 2. The molecular weight excluding hydrogens is 465 g/mol. The summed E-state index contributed by atoms with van der Waals surface area (Å²) in [4.78, 5) is 25.4. The summed E-state index contributed by atoms with van der Waals surface area (Å²) in [6.07, 6.45) is 0.0554. The largest absolute Gasteiger partial charge is 0.507 e. The number of carbonyl (C=O) groups is 2.